The summed E-state index contributed by atoms with van der Waals surface area (Å²) >= 11 is 0. The van der Waals surface area contributed by atoms with Gasteiger partial charge in [-0.05, 0) is 79.6 Å². The van der Waals surface area contributed by atoms with Crippen LogP contribution in [0.4, 0.5) is 0 Å². The molecule has 0 heterocycles. The zero-order chi connectivity index (χ0) is 31.6. The van der Waals surface area contributed by atoms with E-state index in [1.807, 2.05) is 6.08 Å². The molecule has 0 aromatic heterocycles. The lowest BCUT2D eigenvalue weighted by Crippen LogP contribution is -2.57. The quantitative estimate of drug-likeness (QED) is 0.116. The Bertz CT molecular complexity index is 985. The Balaban J connectivity index is 1.09. The van der Waals surface area contributed by atoms with Gasteiger partial charge in [0.05, 0.1) is 6.10 Å². The lowest BCUT2D eigenvalue weighted by Gasteiger charge is -2.59. The van der Waals surface area contributed by atoms with Gasteiger partial charge in [-0.2, -0.15) is 0 Å². The number of rotatable bonds is 19. The van der Waals surface area contributed by atoms with Gasteiger partial charge in [0, 0.05) is 18.8 Å². The molecular weight excluding hydrogens is 548 g/mol. The highest BCUT2D eigenvalue weighted by Crippen LogP contribution is 2.66. The summed E-state index contributed by atoms with van der Waals surface area (Å²) in [7, 11) is 0. The number of unbranched alkanes of at least 4 members (excludes halogenated alkanes) is 14. The maximum Gasteiger partial charge on any atom is 0.306 e. The van der Waals surface area contributed by atoms with E-state index in [0.717, 1.165) is 44.9 Å². The smallest absolute Gasteiger partial charge is 0.306 e. The van der Waals surface area contributed by atoms with Crippen molar-refractivity contribution in [2.45, 2.75) is 175 Å². The maximum atomic E-state index is 13.4. The highest BCUT2D eigenvalue weighted by atomic mass is 16.5. The molecule has 3 fully saturated rings. The van der Waals surface area contributed by atoms with Gasteiger partial charge in [-0.25, -0.2) is 0 Å². The number of Topliss-reactive ketones (excluding diaryl/α,β-unsaturated/α-hetero) is 1. The molecule has 0 radical (unpaired) electrons. The monoisotopic (exact) mass is 612 g/mol. The highest BCUT2D eigenvalue weighted by Gasteiger charge is 2.62. The molecule has 0 aromatic rings. The second-order valence-electron chi connectivity index (χ2n) is 15.6. The van der Waals surface area contributed by atoms with Crippen molar-refractivity contribution in [3.8, 4) is 0 Å². The number of ketones is 2. The third-order valence-electron chi connectivity index (χ3n) is 12.6. The van der Waals surface area contributed by atoms with Gasteiger partial charge in [-0.1, -0.05) is 116 Å². The van der Waals surface area contributed by atoms with E-state index in [2.05, 4.69) is 20.8 Å². The molecule has 0 saturated heterocycles. The van der Waals surface area contributed by atoms with Crippen molar-refractivity contribution in [3.05, 3.63) is 11.6 Å². The van der Waals surface area contributed by atoms with Gasteiger partial charge >= 0.3 is 5.97 Å². The molecule has 0 aromatic carbocycles. The Kier molecular flexibility index (Phi) is 13.6. The van der Waals surface area contributed by atoms with Crippen molar-refractivity contribution in [2.75, 3.05) is 6.61 Å². The molecule has 7 atom stereocenters. The number of ether oxygens (including phenoxy) is 1. The van der Waals surface area contributed by atoms with E-state index in [9.17, 15) is 19.5 Å². The van der Waals surface area contributed by atoms with Crippen LogP contribution in [0.3, 0.4) is 0 Å². The van der Waals surface area contributed by atoms with Crippen molar-refractivity contribution in [1.82, 2.24) is 0 Å². The summed E-state index contributed by atoms with van der Waals surface area (Å²) in [5.74, 6) is 0.807. The van der Waals surface area contributed by atoms with Crippen LogP contribution in [0.25, 0.3) is 0 Å². The number of carbonyl (C=O) groups excluding carboxylic acids is 3. The number of esters is 1. The number of aliphatic hydroxyl groups is 1. The van der Waals surface area contributed by atoms with E-state index in [-0.39, 0.29) is 46.8 Å². The minimum absolute atomic E-state index is 0.0383. The van der Waals surface area contributed by atoms with Gasteiger partial charge in [0.1, 0.15) is 6.61 Å². The van der Waals surface area contributed by atoms with Crippen LogP contribution in [0.2, 0.25) is 0 Å². The minimum atomic E-state index is -0.468. The number of hydrogen-bond donors (Lipinski definition) is 1. The average molecular weight is 613 g/mol. The summed E-state index contributed by atoms with van der Waals surface area (Å²) in [5, 5.41) is 11.6. The van der Waals surface area contributed by atoms with Crippen molar-refractivity contribution < 1.29 is 24.2 Å². The first-order chi connectivity index (χ1) is 21.2. The normalized spacial score (nSPS) is 32.9. The fourth-order valence-corrected chi connectivity index (χ4v) is 10.2. The van der Waals surface area contributed by atoms with Gasteiger partial charge in [0.2, 0.25) is 0 Å². The van der Waals surface area contributed by atoms with Gasteiger partial charge in [0.25, 0.3) is 0 Å². The second kappa shape index (κ2) is 16.9. The van der Waals surface area contributed by atoms with Crippen molar-refractivity contribution in [3.63, 3.8) is 0 Å². The van der Waals surface area contributed by atoms with E-state index >= 15 is 0 Å². The topological polar surface area (TPSA) is 80.7 Å². The SMILES string of the molecule is CCCCCCCCCCCCCCCCCC(=O)OCC(=O)[C@H]1CC[C@H]2[C@@H]3CCC4=CC(=O)CC[C@]4(C)[C@H]3[C@@H](O)C[C@]12C. The third kappa shape index (κ3) is 8.65. The second-order valence-corrected chi connectivity index (χ2v) is 15.6. The number of fused-ring (bicyclic) bond motifs is 5. The van der Waals surface area contributed by atoms with Crippen LogP contribution in [0.1, 0.15) is 168 Å². The average Bonchev–Trinajstić information content (AvgIpc) is 3.34. The number of hydrogen-bond acceptors (Lipinski definition) is 5. The number of carbonyl (C=O) groups is 3. The Morgan fingerprint density at radius 1 is 0.841 bits per heavy atom. The molecule has 0 aliphatic heterocycles. The third-order valence-corrected chi connectivity index (χ3v) is 12.6. The molecule has 4 aliphatic carbocycles. The fourth-order valence-electron chi connectivity index (χ4n) is 10.2. The van der Waals surface area contributed by atoms with Gasteiger partial charge in [-0.3, -0.25) is 14.4 Å². The Labute approximate surface area is 268 Å². The zero-order valence-electron chi connectivity index (χ0n) is 28.5. The predicted molar refractivity (Wildman–Crippen MR) is 177 cm³/mol. The Hall–Kier alpha value is -1.49. The van der Waals surface area contributed by atoms with E-state index in [0.29, 0.717) is 31.1 Å². The first-order valence-electron chi connectivity index (χ1n) is 18.8. The Morgan fingerprint density at radius 2 is 1.43 bits per heavy atom. The van der Waals surface area contributed by atoms with Crippen LogP contribution in [0.5, 0.6) is 0 Å². The van der Waals surface area contributed by atoms with E-state index in [1.54, 1.807) is 0 Å². The lowest BCUT2D eigenvalue weighted by molar-refractivity contribution is -0.155. The predicted octanol–water partition coefficient (Wildman–Crippen LogP) is 9.48. The molecule has 4 aliphatic rings. The van der Waals surface area contributed by atoms with Crippen molar-refractivity contribution in [2.24, 2.45) is 34.5 Å². The largest absolute Gasteiger partial charge is 0.458 e. The zero-order valence-corrected chi connectivity index (χ0v) is 28.5. The highest BCUT2D eigenvalue weighted by molar-refractivity contribution is 5.91. The molecular formula is C39H64O5. The molecule has 0 amide bonds. The van der Waals surface area contributed by atoms with Crippen LogP contribution < -0.4 is 0 Å². The summed E-state index contributed by atoms with van der Waals surface area (Å²) in [5.41, 5.74) is 0.881. The van der Waals surface area contributed by atoms with E-state index in [4.69, 9.17) is 4.74 Å². The van der Waals surface area contributed by atoms with E-state index in [1.165, 1.54) is 89.0 Å². The van der Waals surface area contributed by atoms with Crippen molar-refractivity contribution >= 4 is 17.5 Å². The van der Waals surface area contributed by atoms with Crippen LogP contribution in [-0.2, 0) is 19.1 Å². The van der Waals surface area contributed by atoms with Gasteiger partial charge in [0.15, 0.2) is 11.6 Å². The van der Waals surface area contributed by atoms with Crippen LogP contribution in [0, 0.1) is 34.5 Å². The summed E-state index contributed by atoms with van der Waals surface area (Å²) in [6, 6.07) is 0. The molecule has 5 heteroatoms. The summed E-state index contributed by atoms with van der Waals surface area (Å²) < 4.78 is 5.50. The minimum Gasteiger partial charge on any atom is -0.458 e. The molecule has 3 saturated carbocycles. The fraction of sp³-hybridized carbons (Fsp3) is 0.872. The summed E-state index contributed by atoms with van der Waals surface area (Å²) in [4.78, 5) is 38.0. The summed E-state index contributed by atoms with van der Waals surface area (Å²) in [6.07, 6.45) is 27.0. The Morgan fingerprint density at radius 3 is 2.05 bits per heavy atom. The maximum absolute atomic E-state index is 13.4. The number of aliphatic hydroxyl groups excluding tert-OH is 1. The first kappa shape index (κ1) is 35.4. The number of allylic oxidation sites excluding steroid dienone is 1. The van der Waals surface area contributed by atoms with Gasteiger partial charge in [-0.15, -0.1) is 0 Å². The standard InChI is InChI=1S/C39H64O5/c1-4-5-6-7-8-9-10-11-12-13-14-15-16-17-18-19-36(43)44-28-35(42)33-23-22-32-31-21-20-29-26-30(40)24-25-38(29,2)37(31)34(41)27-39(32,33)3/h26,31-34,37,41H,4-25,27-28H2,1-3H3/t31-,32-,33+,34-,37+,38-,39-/m0/s1. The molecule has 44 heavy (non-hydrogen) atoms. The van der Waals surface area contributed by atoms with Crippen molar-refractivity contribution in [1.29, 1.82) is 0 Å². The molecule has 5 nitrogen and oxygen atoms in total. The molecule has 250 valence electrons. The van der Waals surface area contributed by atoms with Crippen LogP contribution in [0.15, 0.2) is 11.6 Å². The summed E-state index contributed by atoms with van der Waals surface area (Å²) in [6.45, 7) is 6.63. The lowest BCUT2D eigenvalue weighted by atomic mass is 9.46. The molecule has 0 unspecified atom stereocenters. The molecule has 1 N–H and O–H groups in total. The molecule has 4 rings (SSSR count). The van der Waals surface area contributed by atoms with Gasteiger partial charge < -0.3 is 9.84 Å². The molecule has 0 bridgehead atoms. The first-order valence-corrected chi connectivity index (χ1v) is 18.8. The molecule has 0 spiro atoms. The van der Waals surface area contributed by atoms with Crippen LogP contribution >= 0.6 is 0 Å². The van der Waals surface area contributed by atoms with Crippen LogP contribution in [-0.4, -0.2) is 35.4 Å². The van der Waals surface area contributed by atoms with E-state index < -0.39 is 6.10 Å².